The van der Waals surface area contributed by atoms with Crippen LogP contribution in [0, 0.1) is 0 Å². The zero-order valence-corrected chi connectivity index (χ0v) is 13.6. The van der Waals surface area contributed by atoms with Crippen molar-refractivity contribution in [3.8, 4) is 11.3 Å². The molecule has 0 atom stereocenters. The van der Waals surface area contributed by atoms with Gasteiger partial charge in [0.25, 0.3) is 0 Å². The predicted octanol–water partition coefficient (Wildman–Crippen LogP) is 3.72. The van der Waals surface area contributed by atoms with Gasteiger partial charge in [-0.3, -0.25) is 4.98 Å². The summed E-state index contributed by atoms with van der Waals surface area (Å²) in [6, 6.07) is 28.8. The maximum absolute atomic E-state index is 4.76. The third-order valence-corrected chi connectivity index (χ3v) is 10.2. The highest BCUT2D eigenvalue weighted by atomic mass is 28.3. The van der Waals surface area contributed by atoms with Crippen LogP contribution in [0.1, 0.15) is 6.42 Å². The zero-order valence-electron chi connectivity index (χ0n) is 12.6. The van der Waals surface area contributed by atoms with Crippen LogP contribution >= 0.6 is 0 Å². The van der Waals surface area contributed by atoms with Crippen molar-refractivity contribution in [1.82, 2.24) is 4.98 Å². The molecule has 4 rings (SSSR count). The number of hydrogen-bond donors (Lipinski definition) is 0. The monoisotopic (exact) mass is 301 g/mol. The maximum atomic E-state index is 4.76. The van der Waals surface area contributed by atoms with Gasteiger partial charge in [0, 0.05) is 11.8 Å². The summed E-state index contributed by atoms with van der Waals surface area (Å²) in [5, 5.41) is 3.06. The molecule has 0 saturated carbocycles. The van der Waals surface area contributed by atoms with Crippen LogP contribution in [-0.2, 0) is 0 Å². The lowest BCUT2D eigenvalue weighted by Crippen LogP contribution is -2.62. The summed E-state index contributed by atoms with van der Waals surface area (Å²) in [6.07, 6.45) is 3.50. The Kier molecular flexibility index (Phi) is 3.39. The average molecular weight is 301 g/mol. The van der Waals surface area contributed by atoms with Crippen molar-refractivity contribution in [3.63, 3.8) is 0 Å². The fourth-order valence-electron chi connectivity index (χ4n) is 3.49. The molecule has 0 radical (unpaired) electrons. The minimum Gasteiger partial charge on any atom is -0.256 e. The molecule has 1 aliphatic heterocycles. The third kappa shape index (κ3) is 2.20. The largest absolute Gasteiger partial charge is 0.256 e. The van der Waals surface area contributed by atoms with Crippen molar-refractivity contribution < 1.29 is 0 Å². The molecule has 1 aliphatic rings. The van der Waals surface area contributed by atoms with E-state index >= 15 is 0 Å². The molecule has 2 heterocycles. The lowest BCUT2D eigenvalue weighted by atomic mass is 10.1. The second kappa shape index (κ2) is 5.54. The Labute approximate surface area is 132 Å². The molecule has 1 fully saturated rings. The van der Waals surface area contributed by atoms with Gasteiger partial charge in [0.05, 0.1) is 5.69 Å². The molecule has 1 saturated heterocycles. The number of aromatic nitrogens is 1. The summed E-state index contributed by atoms with van der Waals surface area (Å²) in [5.41, 5.74) is 2.26. The topological polar surface area (TPSA) is 12.9 Å². The highest BCUT2D eigenvalue weighted by Gasteiger charge is 2.42. The van der Waals surface area contributed by atoms with Crippen molar-refractivity contribution in [2.45, 2.75) is 18.5 Å². The Hall–Kier alpha value is -2.19. The smallest absolute Gasteiger partial charge is 0.120 e. The van der Waals surface area contributed by atoms with Crippen molar-refractivity contribution >= 4 is 18.4 Å². The SMILES string of the molecule is c1ccc(-c2ccc([Si]3(c4ccccc4)CCC3)cn2)cc1. The molecule has 0 unspecified atom stereocenters. The fraction of sp³-hybridized carbons (Fsp3) is 0.150. The van der Waals surface area contributed by atoms with Gasteiger partial charge in [-0.15, -0.1) is 0 Å². The van der Waals surface area contributed by atoms with E-state index in [9.17, 15) is 0 Å². The van der Waals surface area contributed by atoms with Crippen LogP contribution in [0.15, 0.2) is 79.0 Å². The summed E-state index contributed by atoms with van der Waals surface area (Å²) in [6.45, 7) is 0. The summed E-state index contributed by atoms with van der Waals surface area (Å²) < 4.78 is 0. The number of nitrogens with zero attached hydrogens (tertiary/aromatic N) is 1. The van der Waals surface area contributed by atoms with Crippen LogP contribution in [0.2, 0.25) is 12.1 Å². The van der Waals surface area contributed by atoms with E-state index in [1.165, 1.54) is 29.3 Å². The lowest BCUT2D eigenvalue weighted by Gasteiger charge is -2.40. The first-order valence-corrected chi connectivity index (χ1v) is 10.4. The Bertz CT molecular complexity index is 747. The highest BCUT2D eigenvalue weighted by molar-refractivity contribution is 7.04. The van der Waals surface area contributed by atoms with E-state index < -0.39 is 8.07 Å². The van der Waals surface area contributed by atoms with Crippen LogP contribution in [0.5, 0.6) is 0 Å². The van der Waals surface area contributed by atoms with Gasteiger partial charge in [-0.1, -0.05) is 78.3 Å². The quantitative estimate of drug-likeness (QED) is 0.672. The van der Waals surface area contributed by atoms with Gasteiger partial charge in [-0.2, -0.15) is 0 Å². The van der Waals surface area contributed by atoms with Crippen LogP contribution in [0.3, 0.4) is 0 Å². The first-order chi connectivity index (χ1) is 10.9. The minimum atomic E-state index is -1.48. The van der Waals surface area contributed by atoms with E-state index in [0.29, 0.717) is 0 Å². The summed E-state index contributed by atoms with van der Waals surface area (Å²) >= 11 is 0. The third-order valence-electron chi connectivity index (χ3n) is 4.92. The number of pyridine rings is 1. The Morgan fingerprint density at radius 3 is 1.91 bits per heavy atom. The Morgan fingerprint density at radius 2 is 1.36 bits per heavy atom. The summed E-state index contributed by atoms with van der Waals surface area (Å²) in [4.78, 5) is 4.76. The van der Waals surface area contributed by atoms with Gasteiger partial charge in [0.1, 0.15) is 8.07 Å². The van der Waals surface area contributed by atoms with E-state index in [2.05, 4.69) is 72.9 Å². The molecule has 0 spiro atoms. The lowest BCUT2D eigenvalue weighted by molar-refractivity contribution is 0.927. The molecule has 0 bridgehead atoms. The molecule has 2 heteroatoms. The van der Waals surface area contributed by atoms with Gasteiger partial charge in [0.2, 0.25) is 0 Å². The average Bonchev–Trinajstić information content (AvgIpc) is 2.56. The molecule has 0 aliphatic carbocycles. The predicted molar refractivity (Wildman–Crippen MR) is 95.4 cm³/mol. The molecular formula is C20H19NSi. The molecule has 108 valence electrons. The standard InChI is InChI=1S/C20H19NSi/c1-3-8-17(9-4-1)20-13-12-19(16-21-20)22(14-7-15-22)18-10-5-2-6-11-18/h1-6,8-13,16H,7,14-15H2. The molecular weight excluding hydrogens is 282 g/mol. The van der Waals surface area contributed by atoms with Gasteiger partial charge < -0.3 is 0 Å². The van der Waals surface area contributed by atoms with Crippen molar-refractivity contribution in [1.29, 1.82) is 0 Å². The number of rotatable bonds is 3. The normalized spacial score (nSPS) is 16.0. The van der Waals surface area contributed by atoms with Crippen molar-refractivity contribution in [2.24, 2.45) is 0 Å². The van der Waals surface area contributed by atoms with Gasteiger partial charge in [-0.05, 0) is 23.3 Å². The molecule has 22 heavy (non-hydrogen) atoms. The molecule has 1 nitrogen and oxygen atoms in total. The second-order valence-electron chi connectivity index (χ2n) is 6.10. The van der Waals surface area contributed by atoms with Crippen LogP contribution in [0.4, 0.5) is 0 Å². The molecule has 0 amide bonds. The summed E-state index contributed by atoms with van der Waals surface area (Å²) in [5.74, 6) is 0. The van der Waals surface area contributed by atoms with Crippen LogP contribution in [-0.4, -0.2) is 13.1 Å². The molecule has 2 aromatic carbocycles. The first kappa shape index (κ1) is 13.5. The van der Waals surface area contributed by atoms with E-state index in [1.54, 1.807) is 5.19 Å². The van der Waals surface area contributed by atoms with Gasteiger partial charge in [0.15, 0.2) is 0 Å². The van der Waals surface area contributed by atoms with E-state index in [-0.39, 0.29) is 0 Å². The second-order valence-corrected chi connectivity index (χ2v) is 10.4. The van der Waals surface area contributed by atoms with E-state index in [1.807, 2.05) is 6.07 Å². The van der Waals surface area contributed by atoms with Crippen molar-refractivity contribution in [3.05, 3.63) is 79.0 Å². The van der Waals surface area contributed by atoms with E-state index in [4.69, 9.17) is 4.98 Å². The number of hydrogen-bond acceptors (Lipinski definition) is 1. The first-order valence-electron chi connectivity index (χ1n) is 7.96. The number of benzene rings is 2. The van der Waals surface area contributed by atoms with Crippen LogP contribution < -0.4 is 10.4 Å². The Morgan fingerprint density at radius 1 is 0.682 bits per heavy atom. The molecule has 3 aromatic rings. The van der Waals surface area contributed by atoms with Crippen LogP contribution in [0.25, 0.3) is 11.3 Å². The minimum absolute atomic E-state index is 1.07. The fourth-order valence-corrected chi connectivity index (χ4v) is 7.58. The zero-order chi connectivity index (χ0) is 14.8. The van der Waals surface area contributed by atoms with E-state index in [0.717, 1.165) is 5.69 Å². The molecule has 1 aromatic heterocycles. The highest BCUT2D eigenvalue weighted by Crippen LogP contribution is 2.32. The van der Waals surface area contributed by atoms with Crippen molar-refractivity contribution in [2.75, 3.05) is 0 Å². The summed E-state index contributed by atoms with van der Waals surface area (Å²) in [7, 11) is -1.48. The van der Waals surface area contributed by atoms with Gasteiger partial charge in [-0.25, -0.2) is 0 Å². The molecule has 0 N–H and O–H groups in total. The van der Waals surface area contributed by atoms with Gasteiger partial charge >= 0.3 is 0 Å². The maximum Gasteiger partial charge on any atom is 0.120 e. The Balaban J connectivity index is 1.71.